The van der Waals surface area contributed by atoms with Crippen LogP contribution < -0.4 is 0 Å². The predicted octanol–water partition coefficient (Wildman–Crippen LogP) is 5.66. The Kier molecular flexibility index (Phi) is 11.8. The lowest BCUT2D eigenvalue weighted by Crippen LogP contribution is -2.25. The van der Waals surface area contributed by atoms with Gasteiger partial charge in [0.2, 0.25) is 0 Å². The minimum atomic E-state index is 0.390. The molecule has 0 aliphatic heterocycles. The van der Waals surface area contributed by atoms with E-state index in [0.717, 1.165) is 48.5 Å². The molecule has 0 aliphatic carbocycles. The first kappa shape index (κ1) is 20.1. The minimum Gasteiger partial charge on any atom is -0.294 e. The van der Waals surface area contributed by atoms with Gasteiger partial charge in [0.1, 0.15) is 0 Å². The normalized spacial score (nSPS) is 12.5. The maximum absolute atomic E-state index is 6.03. The molecule has 0 atom stereocenters. The van der Waals surface area contributed by atoms with Gasteiger partial charge in [0.15, 0.2) is 0 Å². The van der Waals surface area contributed by atoms with E-state index in [0.29, 0.717) is 10.9 Å². The average Bonchev–Trinajstić information content (AvgIpc) is 2.39. The summed E-state index contributed by atoms with van der Waals surface area (Å²) in [7, 11) is 0. The van der Waals surface area contributed by atoms with Crippen LogP contribution in [-0.2, 0) is 0 Å². The summed E-state index contributed by atoms with van der Waals surface area (Å²) in [6.07, 6.45) is 5.37. The van der Waals surface area contributed by atoms with Crippen molar-refractivity contribution >= 4 is 35.0 Å². The van der Waals surface area contributed by atoms with Gasteiger partial charge in [-0.2, -0.15) is 0 Å². The molecule has 4 heteroatoms. The number of rotatable bonds is 11. The molecule has 0 aromatic rings. The van der Waals surface area contributed by atoms with Gasteiger partial charge in [-0.3, -0.25) is 4.90 Å². The molecule has 20 heavy (non-hydrogen) atoms. The van der Waals surface area contributed by atoms with Crippen LogP contribution in [0.25, 0.3) is 0 Å². The van der Waals surface area contributed by atoms with Gasteiger partial charge in [0.25, 0.3) is 0 Å². The minimum absolute atomic E-state index is 0.390. The van der Waals surface area contributed by atoms with E-state index in [2.05, 4.69) is 31.2 Å². The van der Waals surface area contributed by atoms with Crippen LogP contribution in [0.4, 0.5) is 0 Å². The first-order valence-electron chi connectivity index (χ1n) is 6.97. The fraction of sp³-hybridized carbons (Fsp3) is 0.625. The van der Waals surface area contributed by atoms with E-state index in [9.17, 15) is 0 Å². The Morgan fingerprint density at radius 1 is 1.25 bits per heavy atom. The van der Waals surface area contributed by atoms with Crippen LogP contribution in [0.3, 0.4) is 0 Å². The van der Waals surface area contributed by atoms with Gasteiger partial charge in [-0.1, -0.05) is 31.7 Å². The Hall–Kier alpha value is 0.110. The number of hydrogen-bond acceptors (Lipinski definition) is 2. The summed E-state index contributed by atoms with van der Waals surface area (Å²) >= 11 is 13.8. The summed E-state index contributed by atoms with van der Waals surface area (Å²) in [6, 6.07) is 0. The highest BCUT2D eigenvalue weighted by Crippen LogP contribution is 2.25. The van der Waals surface area contributed by atoms with Crippen molar-refractivity contribution in [1.82, 2.24) is 4.90 Å². The molecule has 116 valence electrons. The van der Waals surface area contributed by atoms with Gasteiger partial charge in [-0.25, -0.2) is 0 Å². The molecule has 1 nitrogen and oxygen atoms in total. The monoisotopic (exact) mass is 335 g/mol. The van der Waals surface area contributed by atoms with Crippen LogP contribution in [-0.4, -0.2) is 36.0 Å². The van der Waals surface area contributed by atoms with Crippen LogP contribution in [0.15, 0.2) is 34.9 Å². The number of thioether (sulfide) groups is 1. The van der Waals surface area contributed by atoms with Crippen molar-refractivity contribution in [3.05, 3.63) is 34.9 Å². The van der Waals surface area contributed by atoms with Crippen LogP contribution in [0.5, 0.6) is 0 Å². The summed E-state index contributed by atoms with van der Waals surface area (Å²) in [5.74, 6) is 1.48. The number of hydrogen-bond donors (Lipinski definition) is 0. The molecule has 0 N–H and O–H groups in total. The highest BCUT2D eigenvalue weighted by atomic mass is 35.5. The molecule has 0 amide bonds. The standard InChI is InChI=1S/C16H27Cl2NS/c1-6-9-19(12-20-5)10-7-8-13(2)14(3)16(11-17)15(4)18/h2-3,6-12H2,1,4-5H3/b16-15-. The van der Waals surface area contributed by atoms with E-state index in [1.54, 1.807) is 0 Å². The zero-order valence-electron chi connectivity index (χ0n) is 13.0. The second-order valence-electron chi connectivity index (χ2n) is 4.87. The van der Waals surface area contributed by atoms with E-state index < -0.39 is 0 Å². The highest BCUT2D eigenvalue weighted by Gasteiger charge is 2.09. The molecule has 0 unspecified atom stereocenters. The van der Waals surface area contributed by atoms with Crippen LogP contribution in [0.1, 0.15) is 33.1 Å². The molecule has 0 rings (SSSR count). The molecule has 0 saturated carbocycles. The third-order valence-corrected chi connectivity index (χ3v) is 4.26. The first-order valence-corrected chi connectivity index (χ1v) is 9.28. The second-order valence-corrected chi connectivity index (χ2v) is 6.54. The van der Waals surface area contributed by atoms with Crippen molar-refractivity contribution < 1.29 is 0 Å². The van der Waals surface area contributed by atoms with Gasteiger partial charge in [-0.05, 0) is 62.3 Å². The van der Waals surface area contributed by atoms with Crippen LogP contribution >= 0.6 is 35.0 Å². The lowest BCUT2D eigenvalue weighted by Gasteiger charge is -2.21. The van der Waals surface area contributed by atoms with Crippen LogP contribution in [0, 0.1) is 0 Å². The molecule has 0 aromatic heterocycles. The SMILES string of the molecule is C=C(CCCN(CCC)CSC)C(=C)/C(CCl)=C(/C)Cl. The van der Waals surface area contributed by atoms with E-state index >= 15 is 0 Å². The molecular weight excluding hydrogens is 309 g/mol. The van der Waals surface area contributed by atoms with Crippen molar-refractivity contribution in [2.24, 2.45) is 0 Å². The summed E-state index contributed by atoms with van der Waals surface area (Å²) in [4.78, 5) is 2.48. The molecule has 0 bridgehead atoms. The topological polar surface area (TPSA) is 3.24 Å². The largest absolute Gasteiger partial charge is 0.294 e. The first-order chi connectivity index (χ1) is 9.47. The van der Waals surface area contributed by atoms with Crippen LogP contribution in [0.2, 0.25) is 0 Å². The van der Waals surface area contributed by atoms with Crippen molar-refractivity contribution in [3.8, 4) is 0 Å². The van der Waals surface area contributed by atoms with E-state index in [4.69, 9.17) is 23.2 Å². The Morgan fingerprint density at radius 3 is 2.35 bits per heavy atom. The average molecular weight is 336 g/mol. The molecule has 0 aliphatic rings. The Balaban J connectivity index is 4.28. The van der Waals surface area contributed by atoms with Gasteiger partial charge < -0.3 is 0 Å². The maximum atomic E-state index is 6.03. The van der Waals surface area contributed by atoms with E-state index in [1.807, 2.05) is 18.7 Å². The summed E-state index contributed by atoms with van der Waals surface area (Å²) in [5.41, 5.74) is 2.86. The smallest absolute Gasteiger partial charge is 0.0491 e. The molecular formula is C16H27Cl2NS. The Labute approximate surface area is 139 Å². The van der Waals surface area contributed by atoms with Gasteiger partial charge in [-0.15, -0.1) is 23.4 Å². The number of allylic oxidation sites excluding steroid dienone is 4. The molecule has 0 radical (unpaired) electrons. The number of nitrogens with zero attached hydrogens (tertiary/aromatic N) is 1. The summed E-state index contributed by atoms with van der Waals surface area (Å²) < 4.78 is 0. The van der Waals surface area contributed by atoms with Gasteiger partial charge in [0.05, 0.1) is 0 Å². The maximum Gasteiger partial charge on any atom is 0.0491 e. The van der Waals surface area contributed by atoms with Crippen molar-refractivity contribution in [2.45, 2.75) is 33.1 Å². The van der Waals surface area contributed by atoms with E-state index in [1.165, 1.54) is 6.42 Å². The Morgan fingerprint density at radius 2 is 1.90 bits per heavy atom. The molecule has 0 fully saturated rings. The fourth-order valence-corrected chi connectivity index (χ4v) is 3.24. The summed E-state index contributed by atoms with van der Waals surface area (Å²) in [5, 5.41) is 0.709. The second kappa shape index (κ2) is 11.7. The van der Waals surface area contributed by atoms with Crippen molar-refractivity contribution in [1.29, 1.82) is 0 Å². The molecule has 0 saturated heterocycles. The lowest BCUT2D eigenvalue weighted by atomic mass is 9.98. The third kappa shape index (κ3) is 7.78. The number of halogens is 2. The van der Waals surface area contributed by atoms with Gasteiger partial charge >= 0.3 is 0 Å². The van der Waals surface area contributed by atoms with Gasteiger partial charge in [0, 0.05) is 16.8 Å². The molecule has 0 aromatic carbocycles. The fourth-order valence-electron chi connectivity index (χ4n) is 2.00. The molecule has 0 spiro atoms. The Bertz CT molecular complexity index is 340. The van der Waals surface area contributed by atoms with Crippen molar-refractivity contribution in [3.63, 3.8) is 0 Å². The zero-order chi connectivity index (χ0) is 15.5. The lowest BCUT2D eigenvalue weighted by molar-refractivity contribution is 0.317. The third-order valence-electron chi connectivity index (χ3n) is 3.14. The van der Waals surface area contributed by atoms with Crippen molar-refractivity contribution in [2.75, 3.05) is 31.1 Å². The number of alkyl halides is 1. The zero-order valence-corrected chi connectivity index (χ0v) is 15.3. The highest BCUT2D eigenvalue weighted by molar-refractivity contribution is 7.98. The predicted molar refractivity (Wildman–Crippen MR) is 97.0 cm³/mol. The van der Waals surface area contributed by atoms with E-state index in [-0.39, 0.29) is 0 Å². The molecule has 0 heterocycles. The quantitative estimate of drug-likeness (QED) is 0.272. The summed E-state index contributed by atoms with van der Waals surface area (Å²) in [6.45, 7) is 14.5.